The molecular formula is C15H31N. The van der Waals surface area contributed by atoms with Crippen LogP contribution in [0.25, 0.3) is 0 Å². The Kier molecular flexibility index (Phi) is 7.11. The van der Waals surface area contributed by atoms with E-state index in [-0.39, 0.29) is 0 Å². The molecule has 1 fully saturated rings. The second kappa shape index (κ2) is 8.11. The predicted molar refractivity (Wildman–Crippen MR) is 72.7 cm³/mol. The first-order valence-electron chi connectivity index (χ1n) is 7.41. The maximum atomic E-state index is 3.51. The molecule has 0 saturated heterocycles. The molecule has 96 valence electrons. The highest BCUT2D eigenvalue weighted by Crippen LogP contribution is 2.23. The summed E-state index contributed by atoms with van der Waals surface area (Å²) in [7, 11) is 2.13. The van der Waals surface area contributed by atoms with Crippen LogP contribution in [0.4, 0.5) is 0 Å². The Balaban J connectivity index is 2.36. The molecule has 3 atom stereocenters. The van der Waals surface area contributed by atoms with Gasteiger partial charge < -0.3 is 5.32 Å². The van der Waals surface area contributed by atoms with Crippen LogP contribution in [0.2, 0.25) is 0 Å². The lowest BCUT2D eigenvalue weighted by Crippen LogP contribution is -2.32. The molecule has 1 aliphatic rings. The molecule has 0 amide bonds. The van der Waals surface area contributed by atoms with Crippen molar-refractivity contribution in [3.8, 4) is 0 Å². The van der Waals surface area contributed by atoms with E-state index in [0.717, 1.165) is 17.9 Å². The van der Waals surface area contributed by atoms with E-state index in [2.05, 4.69) is 26.2 Å². The minimum absolute atomic E-state index is 0.761. The van der Waals surface area contributed by atoms with Crippen LogP contribution >= 0.6 is 0 Å². The average molecular weight is 225 g/mol. The molecule has 3 unspecified atom stereocenters. The van der Waals surface area contributed by atoms with Crippen LogP contribution in [0.5, 0.6) is 0 Å². The Morgan fingerprint density at radius 1 is 0.750 bits per heavy atom. The van der Waals surface area contributed by atoms with Gasteiger partial charge in [0.2, 0.25) is 0 Å². The normalized spacial score (nSPS) is 35.1. The second-order valence-corrected chi connectivity index (χ2v) is 5.90. The van der Waals surface area contributed by atoms with Crippen LogP contribution in [0.15, 0.2) is 0 Å². The summed E-state index contributed by atoms with van der Waals surface area (Å²) in [6, 6.07) is 0.761. The smallest absolute Gasteiger partial charge is 0.00896 e. The molecular weight excluding hydrogens is 194 g/mol. The molecule has 0 radical (unpaired) electrons. The fourth-order valence-corrected chi connectivity index (χ4v) is 3.05. The zero-order valence-corrected chi connectivity index (χ0v) is 11.6. The van der Waals surface area contributed by atoms with Crippen molar-refractivity contribution in [1.82, 2.24) is 5.32 Å². The summed E-state index contributed by atoms with van der Waals surface area (Å²) in [4.78, 5) is 0. The third kappa shape index (κ3) is 5.34. The summed E-state index contributed by atoms with van der Waals surface area (Å²) >= 11 is 0. The van der Waals surface area contributed by atoms with Crippen molar-refractivity contribution in [2.75, 3.05) is 7.05 Å². The molecule has 0 aromatic heterocycles. The van der Waals surface area contributed by atoms with Crippen molar-refractivity contribution in [2.45, 2.75) is 77.7 Å². The summed E-state index contributed by atoms with van der Waals surface area (Å²) in [5.74, 6) is 1.83. The van der Waals surface area contributed by atoms with Gasteiger partial charge in [0.25, 0.3) is 0 Å². The Bertz CT molecular complexity index is 167. The molecule has 0 aromatic rings. The first kappa shape index (κ1) is 14.0. The van der Waals surface area contributed by atoms with E-state index in [9.17, 15) is 0 Å². The maximum absolute atomic E-state index is 3.51. The van der Waals surface area contributed by atoms with Crippen molar-refractivity contribution in [1.29, 1.82) is 0 Å². The van der Waals surface area contributed by atoms with E-state index in [4.69, 9.17) is 0 Å². The molecule has 1 saturated carbocycles. The Hall–Kier alpha value is -0.0400. The van der Waals surface area contributed by atoms with Crippen molar-refractivity contribution < 1.29 is 0 Å². The van der Waals surface area contributed by atoms with Crippen molar-refractivity contribution in [2.24, 2.45) is 11.8 Å². The van der Waals surface area contributed by atoms with Gasteiger partial charge in [0.1, 0.15) is 0 Å². The minimum Gasteiger partial charge on any atom is -0.317 e. The maximum Gasteiger partial charge on any atom is 0.00896 e. The number of hydrogen-bond acceptors (Lipinski definition) is 1. The van der Waals surface area contributed by atoms with Crippen molar-refractivity contribution >= 4 is 0 Å². The highest BCUT2D eigenvalue weighted by atomic mass is 14.9. The van der Waals surface area contributed by atoms with Gasteiger partial charge in [0.05, 0.1) is 0 Å². The van der Waals surface area contributed by atoms with Crippen LogP contribution in [0.1, 0.15) is 71.6 Å². The first-order valence-corrected chi connectivity index (χ1v) is 7.41. The van der Waals surface area contributed by atoms with Gasteiger partial charge in [-0.15, -0.1) is 0 Å². The van der Waals surface area contributed by atoms with E-state index in [1.165, 1.54) is 57.8 Å². The summed E-state index contributed by atoms with van der Waals surface area (Å²) in [6.07, 6.45) is 12.9. The fraction of sp³-hybridized carbons (Fsp3) is 1.00. The second-order valence-electron chi connectivity index (χ2n) is 5.90. The monoisotopic (exact) mass is 225 g/mol. The lowest BCUT2D eigenvalue weighted by Gasteiger charge is -2.24. The lowest BCUT2D eigenvalue weighted by molar-refractivity contribution is 0.321. The fourth-order valence-electron chi connectivity index (χ4n) is 3.05. The van der Waals surface area contributed by atoms with Gasteiger partial charge in [0, 0.05) is 6.04 Å². The van der Waals surface area contributed by atoms with Gasteiger partial charge in [-0.25, -0.2) is 0 Å². The Labute approximate surface area is 102 Å². The van der Waals surface area contributed by atoms with Gasteiger partial charge in [-0.05, 0) is 31.7 Å². The van der Waals surface area contributed by atoms with Gasteiger partial charge in [-0.2, -0.15) is 0 Å². The largest absolute Gasteiger partial charge is 0.317 e. The number of hydrogen-bond donors (Lipinski definition) is 1. The van der Waals surface area contributed by atoms with Gasteiger partial charge in [-0.1, -0.05) is 58.8 Å². The van der Waals surface area contributed by atoms with E-state index >= 15 is 0 Å². The van der Waals surface area contributed by atoms with Gasteiger partial charge in [-0.3, -0.25) is 0 Å². The van der Waals surface area contributed by atoms with E-state index in [0.29, 0.717) is 0 Å². The molecule has 1 heteroatoms. The van der Waals surface area contributed by atoms with Gasteiger partial charge in [0.15, 0.2) is 0 Å². The lowest BCUT2D eigenvalue weighted by atomic mass is 9.88. The molecule has 16 heavy (non-hydrogen) atoms. The Morgan fingerprint density at radius 2 is 1.31 bits per heavy atom. The molecule has 1 N–H and O–H groups in total. The molecule has 0 heterocycles. The molecule has 0 aromatic carbocycles. The topological polar surface area (TPSA) is 12.0 Å². The molecule has 0 aliphatic heterocycles. The van der Waals surface area contributed by atoms with E-state index in [1.807, 2.05) is 0 Å². The average Bonchev–Trinajstić information content (AvgIpc) is 2.27. The van der Waals surface area contributed by atoms with Crippen LogP contribution in [0.3, 0.4) is 0 Å². The third-order valence-corrected chi connectivity index (χ3v) is 4.38. The summed E-state index contributed by atoms with van der Waals surface area (Å²) in [6.45, 7) is 4.86. The quantitative estimate of drug-likeness (QED) is 0.698. The molecule has 0 spiro atoms. The zero-order valence-electron chi connectivity index (χ0n) is 11.6. The van der Waals surface area contributed by atoms with E-state index < -0.39 is 0 Å². The molecule has 1 aliphatic carbocycles. The number of rotatable bonds is 1. The van der Waals surface area contributed by atoms with E-state index in [1.54, 1.807) is 0 Å². The van der Waals surface area contributed by atoms with Crippen LogP contribution in [-0.4, -0.2) is 13.1 Å². The SMILES string of the molecule is CNC1CCCCCC(C)CCCCC1C. The van der Waals surface area contributed by atoms with Crippen LogP contribution in [0, 0.1) is 11.8 Å². The van der Waals surface area contributed by atoms with Gasteiger partial charge >= 0.3 is 0 Å². The van der Waals surface area contributed by atoms with Crippen molar-refractivity contribution in [3.63, 3.8) is 0 Å². The van der Waals surface area contributed by atoms with Crippen molar-refractivity contribution in [3.05, 3.63) is 0 Å². The summed E-state index contributed by atoms with van der Waals surface area (Å²) in [5, 5.41) is 3.51. The zero-order chi connectivity index (χ0) is 11.8. The van der Waals surface area contributed by atoms with Crippen LogP contribution in [-0.2, 0) is 0 Å². The third-order valence-electron chi connectivity index (χ3n) is 4.38. The first-order chi connectivity index (χ1) is 7.74. The Morgan fingerprint density at radius 3 is 2.00 bits per heavy atom. The summed E-state index contributed by atoms with van der Waals surface area (Å²) in [5.41, 5.74) is 0. The standard InChI is InChI=1S/C15H31N/c1-13-9-5-4-6-12-15(16-3)14(2)11-8-7-10-13/h13-16H,4-12H2,1-3H3. The van der Waals surface area contributed by atoms with Crippen LogP contribution < -0.4 is 5.32 Å². The minimum atomic E-state index is 0.761. The summed E-state index contributed by atoms with van der Waals surface area (Å²) < 4.78 is 0. The molecule has 0 bridgehead atoms. The highest BCUT2D eigenvalue weighted by Gasteiger charge is 2.15. The predicted octanol–water partition coefficient (Wildman–Crippen LogP) is 4.37. The highest BCUT2D eigenvalue weighted by molar-refractivity contribution is 4.72. The molecule has 1 rings (SSSR count). The molecule has 1 nitrogen and oxygen atoms in total. The number of nitrogens with one attached hydrogen (secondary N) is 1.